The summed E-state index contributed by atoms with van der Waals surface area (Å²) in [5, 5.41) is 6.50. The van der Waals surface area contributed by atoms with Gasteiger partial charge in [-0.2, -0.15) is 4.98 Å². The summed E-state index contributed by atoms with van der Waals surface area (Å²) in [7, 11) is 0. The number of H-pyrrole nitrogens is 1. The molecular weight excluding hydrogens is 432 g/mol. The topological polar surface area (TPSA) is 177 Å². The van der Waals surface area contributed by atoms with E-state index in [9.17, 15) is 19.9 Å². The zero-order valence-electron chi connectivity index (χ0n) is 19.2. The normalized spacial score (nSPS) is 24.6. The number of hydrogen-bond donors (Lipinski definition) is 2. The van der Waals surface area contributed by atoms with Gasteiger partial charge in [-0.15, -0.1) is 0 Å². The van der Waals surface area contributed by atoms with Gasteiger partial charge in [-0.1, -0.05) is 39.2 Å². The van der Waals surface area contributed by atoms with Crippen LogP contribution in [0, 0.1) is 5.92 Å². The van der Waals surface area contributed by atoms with E-state index in [-0.39, 0.29) is 28.9 Å². The van der Waals surface area contributed by atoms with Crippen LogP contribution in [0.2, 0.25) is 0 Å². The van der Waals surface area contributed by atoms with Crippen LogP contribution >= 0.6 is 0 Å². The Kier molecular flexibility index (Phi) is 7.04. The third-order valence-electron chi connectivity index (χ3n) is 5.71. The number of aromatic amines is 1. The average molecular weight is 460 g/mol. The minimum Gasteiger partial charge on any atom is -0.457 e. The molecule has 0 aromatic carbocycles. The van der Waals surface area contributed by atoms with Crippen LogP contribution in [0.5, 0.6) is 0 Å². The largest absolute Gasteiger partial charge is 0.457 e. The lowest BCUT2D eigenvalue weighted by molar-refractivity contribution is -0.154. The maximum atomic E-state index is 12.6. The van der Waals surface area contributed by atoms with Crippen LogP contribution < -0.4 is 10.9 Å². The Morgan fingerprint density at radius 2 is 2.18 bits per heavy atom. The fourth-order valence-electron chi connectivity index (χ4n) is 4.12. The van der Waals surface area contributed by atoms with Crippen LogP contribution in [-0.4, -0.2) is 49.1 Å². The molecule has 2 N–H and O–H groups in total. The highest BCUT2D eigenvalue weighted by Crippen LogP contribution is 2.46. The first-order valence-electron chi connectivity index (χ1n) is 10.8. The van der Waals surface area contributed by atoms with Crippen molar-refractivity contribution in [1.29, 1.82) is 0 Å². The summed E-state index contributed by atoms with van der Waals surface area (Å²) in [6, 6.07) is -0.805. The molecule has 1 aliphatic heterocycles. The van der Waals surface area contributed by atoms with Gasteiger partial charge in [0.15, 0.2) is 23.5 Å². The molecule has 13 nitrogen and oxygen atoms in total. The van der Waals surface area contributed by atoms with Crippen LogP contribution in [0.15, 0.2) is 16.2 Å². The van der Waals surface area contributed by atoms with Crippen molar-refractivity contribution in [2.45, 2.75) is 77.9 Å². The first-order chi connectivity index (χ1) is 15.7. The highest BCUT2D eigenvalue weighted by molar-refractivity contribution is 5.91. The third-order valence-corrected chi connectivity index (χ3v) is 5.71. The molecule has 178 valence electrons. The molecule has 1 fully saturated rings. The number of aromatic nitrogens is 4. The van der Waals surface area contributed by atoms with Crippen LogP contribution in [-0.2, 0) is 19.1 Å². The molecule has 0 radical (unpaired) electrons. The van der Waals surface area contributed by atoms with Gasteiger partial charge in [0.2, 0.25) is 11.9 Å². The van der Waals surface area contributed by atoms with Gasteiger partial charge in [0.25, 0.3) is 5.56 Å². The maximum absolute atomic E-state index is 12.6. The molecule has 1 aliphatic rings. The Morgan fingerprint density at radius 3 is 2.76 bits per heavy atom. The number of ether oxygens (including phenoxy) is 2. The summed E-state index contributed by atoms with van der Waals surface area (Å²) in [5.74, 6) is -1.27. The van der Waals surface area contributed by atoms with E-state index in [1.165, 1.54) is 17.8 Å². The lowest BCUT2D eigenvalue weighted by Crippen LogP contribution is -2.42. The van der Waals surface area contributed by atoms with E-state index >= 15 is 0 Å². The number of anilines is 1. The third kappa shape index (κ3) is 4.55. The first-order valence-corrected chi connectivity index (χ1v) is 10.8. The van der Waals surface area contributed by atoms with Crippen molar-refractivity contribution >= 4 is 29.0 Å². The zero-order valence-corrected chi connectivity index (χ0v) is 19.2. The summed E-state index contributed by atoms with van der Waals surface area (Å²) in [6.07, 6.45) is 1.21. The van der Waals surface area contributed by atoms with Crippen LogP contribution in [0.4, 0.5) is 5.95 Å². The molecule has 0 bridgehead atoms. The lowest BCUT2D eigenvalue weighted by atomic mass is 9.86. The van der Waals surface area contributed by atoms with Crippen molar-refractivity contribution in [2.75, 3.05) is 5.32 Å². The van der Waals surface area contributed by atoms with E-state index in [0.717, 1.165) is 6.42 Å². The molecule has 3 rings (SSSR count). The lowest BCUT2D eigenvalue weighted by Gasteiger charge is -2.31. The number of imidazole rings is 1. The van der Waals surface area contributed by atoms with Crippen molar-refractivity contribution in [2.24, 2.45) is 11.0 Å². The van der Waals surface area contributed by atoms with Crippen LogP contribution in [0.25, 0.3) is 21.6 Å². The van der Waals surface area contributed by atoms with Gasteiger partial charge < -0.3 is 9.47 Å². The Labute approximate surface area is 189 Å². The summed E-state index contributed by atoms with van der Waals surface area (Å²) >= 11 is 0. The van der Waals surface area contributed by atoms with Crippen molar-refractivity contribution < 1.29 is 19.1 Å². The molecule has 0 saturated carbocycles. The van der Waals surface area contributed by atoms with Crippen molar-refractivity contribution in [1.82, 2.24) is 19.5 Å². The summed E-state index contributed by atoms with van der Waals surface area (Å²) in [6.45, 7) is 8.54. The first kappa shape index (κ1) is 24.2. The number of rotatable bonds is 8. The molecule has 3 heterocycles. The monoisotopic (exact) mass is 460 g/mol. The number of fused-ring (bicyclic) bond motifs is 1. The molecule has 13 heteroatoms. The molecule has 4 atom stereocenters. The summed E-state index contributed by atoms with van der Waals surface area (Å²) in [4.78, 5) is 50.6. The maximum Gasteiger partial charge on any atom is 0.303 e. The molecule has 0 spiro atoms. The Balaban J connectivity index is 2.15. The second-order valence-electron chi connectivity index (χ2n) is 8.28. The number of carbonyl (C=O) groups is 2. The van der Waals surface area contributed by atoms with Crippen molar-refractivity contribution in [3.8, 4) is 0 Å². The fourth-order valence-corrected chi connectivity index (χ4v) is 4.12. The minimum absolute atomic E-state index is 0.0209. The standard InChI is InChI=1S/C20H28N8O5/c1-6-8-20(7-2)14(26-27-21)13(32-11(5)29)18(33-20)28-9-22-12-15(28)23-19(25-17(12)31)24-16(30)10(3)4/h9-10,13-14,18H,6-8H2,1-5H3,(H2,23,24,25,30,31)/t13-,14+,18-,20+/m1/s1. The number of carbonyl (C=O) groups excluding carboxylic acids is 2. The molecule has 1 amide bonds. The van der Waals surface area contributed by atoms with E-state index in [1.807, 2.05) is 13.8 Å². The number of nitrogens with zero attached hydrogens (tertiary/aromatic N) is 6. The summed E-state index contributed by atoms with van der Waals surface area (Å²) < 4.78 is 13.4. The Morgan fingerprint density at radius 1 is 1.45 bits per heavy atom. The molecule has 1 saturated heterocycles. The van der Waals surface area contributed by atoms with E-state index < -0.39 is 35.5 Å². The predicted molar refractivity (Wildman–Crippen MR) is 118 cm³/mol. The van der Waals surface area contributed by atoms with Gasteiger partial charge in [-0.25, -0.2) is 4.98 Å². The second kappa shape index (κ2) is 9.59. The van der Waals surface area contributed by atoms with E-state index in [4.69, 9.17) is 9.47 Å². The summed E-state index contributed by atoms with van der Waals surface area (Å²) in [5.41, 5.74) is 7.91. The van der Waals surface area contributed by atoms with Gasteiger partial charge in [-0.3, -0.25) is 29.3 Å². The van der Waals surface area contributed by atoms with Gasteiger partial charge in [0.1, 0.15) is 6.04 Å². The quantitative estimate of drug-likeness (QED) is 0.263. The average Bonchev–Trinajstić information content (AvgIpc) is 3.29. The van der Waals surface area contributed by atoms with Gasteiger partial charge in [0, 0.05) is 17.8 Å². The van der Waals surface area contributed by atoms with Crippen LogP contribution in [0.3, 0.4) is 0 Å². The Hall–Kier alpha value is -3.44. The van der Waals surface area contributed by atoms with Crippen molar-refractivity contribution in [3.63, 3.8) is 0 Å². The molecule has 0 aliphatic carbocycles. The smallest absolute Gasteiger partial charge is 0.303 e. The number of esters is 1. The molecule has 2 aromatic heterocycles. The number of hydrogen-bond acceptors (Lipinski definition) is 8. The molecule has 0 unspecified atom stereocenters. The molecule has 33 heavy (non-hydrogen) atoms. The van der Waals surface area contributed by atoms with Crippen LogP contribution in [0.1, 0.15) is 60.1 Å². The van der Waals surface area contributed by atoms with Crippen molar-refractivity contribution in [3.05, 3.63) is 27.1 Å². The number of amides is 1. The predicted octanol–water partition coefficient (Wildman–Crippen LogP) is 2.80. The van der Waals surface area contributed by atoms with E-state index in [0.29, 0.717) is 12.8 Å². The molecular formula is C20H28N8O5. The highest BCUT2D eigenvalue weighted by Gasteiger charge is 2.56. The fraction of sp³-hybridized carbons (Fsp3) is 0.650. The zero-order chi connectivity index (χ0) is 24.3. The van der Waals surface area contributed by atoms with Gasteiger partial charge >= 0.3 is 5.97 Å². The van der Waals surface area contributed by atoms with E-state index in [1.54, 1.807) is 13.8 Å². The van der Waals surface area contributed by atoms with E-state index in [2.05, 4.69) is 30.3 Å². The number of azide groups is 1. The SMILES string of the molecule is CCC[C@]1(CC)O[C@@H](n2cnc3c(=O)[nH]c(NC(=O)C(C)C)nc32)[C@H](OC(C)=O)[C@@H]1N=[N+]=[N-]. The second-order valence-corrected chi connectivity index (χ2v) is 8.28. The minimum atomic E-state index is -0.975. The number of nitrogens with one attached hydrogen (secondary N) is 2. The van der Waals surface area contributed by atoms with Gasteiger partial charge in [-0.05, 0) is 18.4 Å². The highest BCUT2D eigenvalue weighted by atomic mass is 16.6. The van der Waals surface area contributed by atoms with Gasteiger partial charge in [0.05, 0.1) is 11.9 Å². The molecule has 2 aromatic rings. The Bertz CT molecular complexity index is 1150.